The Bertz CT molecular complexity index is 756. The van der Waals surface area contributed by atoms with Crippen molar-refractivity contribution in [2.45, 2.75) is 37.7 Å². The molecule has 2 aromatic rings. The quantitative estimate of drug-likeness (QED) is 0.812. The van der Waals surface area contributed by atoms with E-state index in [1.54, 1.807) is 6.92 Å². The Kier molecular flexibility index (Phi) is 6.22. The van der Waals surface area contributed by atoms with Gasteiger partial charge in [0.1, 0.15) is 11.6 Å². The number of benzene rings is 2. The maximum absolute atomic E-state index is 14.3. The summed E-state index contributed by atoms with van der Waals surface area (Å²) < 4.78 is 39.1. The highest BCUT2D eigenvalue weighted by molar-refractivity contribution is 5.29. The first-order valence-electron chi connectivity index (χ1n) is 9.06. The van der Waals surface area contributed by atoms with Gasteiger partial charge in [0, 0.05) is 17.5 Å². The Labute approximate surface area is 157 Å². The van der Waals surface area contributed by atoms with E-state index in [-0.39, 0.29) is 18.3 Å². The van der Waals surface area contributed by atoms with Gasteiger partial charge in [0.2, 0.25) is 0 Å². The second-order valence-electron chi connectivity index (χ2n) is 7.18. The molecule has 0 unspecified atom stereocenters. The van der Waals surface area contributed by atoms with Crippen LogP contribution >= 0.6 is 0 Å². The number of aliphatic hydroxyl groups excluding tert-OH is 1. The maximum Gasteiger partial charge on any atom is 0.131 e. The zero-order valence-corrected chi connectivity index (χ0v) is 15.3. The number of aliphatic hydroxyl groups is 1. The van der Waals surface area contributed by atoms with E-state index >= 15 is 0 Å². The van der Waals surface area contributed by atoms with Crippen molar-refractivity contribution in [2.75, 3.05) is 13.2 Å². The van der Waals surface area contributed by atoms with E-state index in [9.17, 15) is 13.9 Å². The van der Waals surface area contributed by atoms with E-state index in [1.807, 2.05) is 30.3 Å². The third-order valence-electron chi connectivity index (χ3n) is 5.17. The van der Waals surface area contributed by atoms with Crippen LogP contribution in [0.1, 0.15) is 24.5 Å². The molecule has 1 saturated heterocycles. The van der Waals surface area contributed by atoms with Crippen LogP contribution in [0.4, 0.5) is 8.78 Å². The lowest BCUT2D eigenvalue weighted by molar-refractivity contribution is -0.119. The molecule has 0 radical (unpaired) electrons. The number of nitrogens with two attached hydrogens (primary N) is 1. The molecule has 0 aromatic heterocycles. The predicted octanol–water partition coefficient (Wildman–Crippen LogP) is 3.12. The summed E-state index contributed by atoms with van der Waals surface area (Å²) in [6.45, 7) is 2.45. The second-order valence-corrected chi connectivity index (χ2v) is 7.18. The van der Waals surface area contributed by atoms with Crippen LogP contribution in [0.15, 0.2) is 48.5 Å². The minimum absolute atomic E-state index is 0.0183. The highest BCUT2D eigenvalue weighted by Crippen LogP contribution is 2.39. The third kappa shape index (κ3) is 4.52. The first-order chi connectivity index (χ1) is 12.9. The molecular formula is C21H25F2NO3. The van der Waals surface area contributed by atoms with E-state index < -0.39 is 29.2 Å². The predicted molar refractivity (Wildman–Crippen MR) is 97.8 cm³/mol. The van der Waals surface area contributed by atoms with Crippen LogP contribution in [-0.4, -0.2) is 30.5 Å². The molecule has 0 saturated carbocycles. The average molecular weight is 377 g/mol. The third-order valence-corrected chi connectivity index (χ3v) is 5.17. The van der Waals surface area contributed by atoms with Crippen molar-refractivity contribution in [3.8, 4) is 0 Å². The van der Waals surface area contributed by atoms with E-state index in [0.29, 0.717) is 19.6 Å². The molecular weight excluding hydrogens is 352 g/mol. The summed E-state index contributed by atoms with van der Waals surface area (Å²) in [7, 11) is 0. The van der Waals surface area contributed by atoms with Gasteiger partial charge in [0.25, 0.3) is 0 Å². The number of hydrogen-bond acceptors (Lipinski definition) is 4. The zero-order valence-electron chi connectivity index (χ0n) is 15.3. The Morgan fingerprint density at radius 2 is 2.00 bits per heavy atom. The van der Waals surface area contributed by atoms with Gasteiger partial charge < -0.3 is 20.3 Å². The summed E-state index contributed by atoms with van der Waals surface area (Å²) in [4.78, 5) is 0. The van der Waals surface area contributed by atoms with Crippen LogP contribution in [0.3, 0.4) is 0 Å². The summed E-state index contributed by atoms with van der Waals surface area (Å²) in [5.41, 5.74) is 6.44. The number of rotatable bonds is 6. The van der Waals surface area contributed by atoms with E-state index in [4.69, 9.17) is 15.2 Å². The smallest absolute Gasteiger partial charge is 0.131 e. The van der Waals surface area contributed by atoms with Crippen LogP contribution in [0.2, 0.25) is 0 Å². The van der Waals surface area contributed by atoms with Crippen molar-refractivity contribution in [3.63, 3.8) is 0 Å². The number of hydrogen-bond donors (Lipinski definition) is 2. The fourth-order valence-corrected chi connectivity index (χ4v) is 3.69. The van der Waals surface area contributed by atoms with E-state index in [2.05, 4.69) is 0 Å². The zero-order chi connectivity index (χ0) is 19.4. The van der Waals surface area contributed by atoms with Crippen LogP contribution in [0, 0.1) is 17.6 Å². The molecule has 0 spiro atoms. The molecule has 1 fully saturated rings. The van der Waals surface area contributed by atoms with Gasteiger partial charge >= 0.3 is 0 Å². The van der Waals surface area contributed by atoms with Crippen molar-refractivity contribution in [3.05, 3.63) is 71.3 Å². The lowest BCUT2D eigenvalue weighted by Crippen LogP contribution is -2.57. The topological polar surface area (TPSA) is 64.7 Å². The SMILES string of the molecule is C[C@H](O)[C@@H]1C[C@H](COCc2ccccc2)OC[C@@]1(N)c1ccc(F)cc1F. The number of halogens is 2. The molecule has 0 amide bonds. The lowest BCUT2D eigenvalue weighted by Gasteiger charge is -2.45. The Morgan fingerprint density at radius 3 is 2.67 bits per heavy atom. The van der Waals surface area contributed by atoms with Gasteiger partial charge in [-0.15, -0.1) is 0 Å². The molecule has 0 aliphatic carbocycles. The average Bonchev–Trinajstić information content (AvgIpc) is 2.63. The summed E-state index contributed by atoms with van der Waals surface area (Å²) in [5, 5.41) is 10.3. The van der Waals surface area contributed by atoms with Gasteiger partial charge in [-0.3, -0.25) is 0 Å². The van der Waals surface area contributed by atoms with Crippen LogP contribution in [-0.2, 0) is 21.6 Å². The molecule has 2 aromatic carbocycles. The Hall–Kier alpha value is -1.86. The van der Waals surface area contributed by atoms with Gasteiger partial charge in [-0.25, -0.2) is 8.78 Å². The number of ether oxygens (including phenoxy) is 2. The fraction of sp³-hybridized carbons (Fsp3) is 0.429. The maximum atomic E-state index is 14.3. The van der Waals surface area contributed by atoms with Crippen molar-refractivity contribution in [2.24, 2.45) is 11.7 Å². The van der Waals surface area contributed by atoms with Crippen molar-refractivity contribution in [1.82, 2.24) is 0 Å². The molecule has 1 aliphatic heterocycles. The van der Waals surface area contributed by atoms with Crippen LogP contribution in [0.25, 0.3) is 0 Å². The second kappa shape index (κ2) is 8.44. The van der Waals surface area contributed by atoms with Gasteiger partial charge in [-0.2, -0.15) is 0 Å². The van der Waals surface area contributed by atoms with Crippen molar-refractivity contribution < 1.29 is 23.4 Å². The van der Waals surface area contributed by atoms with Crippen LogP contribution in [0.5, 0.6) is 0 Å². The van der Waals surface area contributed by atoms with Gasteiger partial charge in [0.05, 0.1) is 37.6 Å². The molecule has 1 aliphatic rings. The molecule has 146 valence electrons. The minimum Gasteiger partial charge on any atom is -0.393 e. The molecule has 27 heavy (non-hydrogen) atoms. The van der Waals surface area contributed by atoms with Crippen molar-refractivity contribution >= 4 is 0 Å². The molecule has 1 heterocycles. The van der Waals surface area contributed by atoms with Gasteiger partial charge in [-0.1, -0.05) is 36.4 Å². The van der Waals surface area contributed by atoms with E-state index in [0.717, 1.165) is 11.6 Å². The fourth-order valence-electron chi connectivity index (χ4n) is 3.69. The summed E-state index contributed by atoms with van der Waals surface area (Å²) in [6, 6.07) is 13.1. The van der Waals surface area contributed by atoms with Crippen molar-refractivity contribution in [1.29, 1.82) is 0 Å². The molecule has 6 heteroatoms. The Morgan fingerprint density at radius 1 is 1.26 bits per heavy atom. The first-order valence-corrected chi connectivity index (χ1v) is 9.06. The Balaban J connectivity index is 1.67. The molecule has 4 atom stereocenters. The largest absolute Gasteiger partial charge is 0.393 e. The van der Waals surface area contributed by atoms with Gasteiger partial charge in [-0.05, 0) is 25.0 Å². The summed E-state index contributed by atoms with van der Waals surface area (Å²) in [5.74, 6) is -1.85. The normalized spacial score (nSPS) is 26.7. The molecule has 0 bridgehead atoms. The molecule has 3 rings (SSSR count). The van der Waals surface area contributed by atoms with E-state index in [1.165, 1.54) is 12.1 Å². The molecule has 4 nitrogen and oxygen atoms in total. The monoisotopic (exact) mass is 377 g/mol. The summed E-state index contributed by atoms with van der Waals surface area (Å²) >= 11 is 0. The minimum atomic E-state index is -1.23. The lowest BCUT2D eigenvalue weighted by atomic mass is 9.72. The van der Waals surface area contributed by atoms with Gasteiger partial charge in [0.15, 0.2) is 0 Å². The summed E-state index contributed by atoms with van der Waals surface area (Å²) in [6.07, 6.45) is -0.617. The highest BCUT2D eigenvalue weighted by Gasteiger charge is 2.46. The first kappa shape index (κ1) is 19.9. The van der Waals surface area contributed by atoms with Crippen LogP contribution < -0.4 is 5.73 Å². The standard InChI is InChI=1S/C21H25F2NO3/c1-14(25)19-10-17(12-26-11-15-5-3-2-4-6-15)27-13-21(19,24)18-8-7-16(22)9-20(18)23/h2-9,14,17,19,25H,10-13,24H2,1H3/t14-,17+,19-,21+/m0/s1. The molecule has 3 N–H and O–H groups in total. The highest BCUT2D eigenvalue weighted by atomic mass is 19.1.